The Morgan fingerprint density at radius 1 is 1.26 bits per heavy atom. The van der Waals surface area contributed by atoms with Crippen molar-refractivity contribution in [2.75, 3.05) is 18.4 Å². The molecule has 1 unspecified atom stereocenters. The van der Waals surface area contributed by atoms with Crippen molar-refractivity contribution in [2.45, 2.75) is 45.3 Å². The number of rotatable bonds is 8. The van der Waals surface area contributed by atoms with E-state index in [2.05, 4.69) is 16.0 Å². The van der Waals surface area contributed by atoms with Gasteiger partial charge in [-0.2, -0.15) is 0 Å². The molecule has 2 aliphatic heterocycles. The largest absolute Gasteiger partial charge is 0.385 e. The number of piperidine rings is 1. The summed E-state index contributed by atoms with van der Waals surface area (Å²) in [6, 6.07) is 5.39. The summed E-state index contributed by atoms with van der Waals surface area (Å²) in [5, 5.41) is 11.8. The molecule has 2 aromatic rings. The van der Waals surface area contributed by atoms with Crippen molar-refractivity contribution in [3.63, 3.8) is 0 Å². The Morgan fingerprint density at radius 3 is 2.87 bits per heavy atom. The second-order valence-electron chi connectivity index (χ2n) is 7.87. The maximum atomic E-state index is 12.8. The van der Waals surface area contributed by atoms with Crippen LogP contribution in [0.1, 0.15) is 45.6 Å². The molecule has 4 rings (SSSR count). The summed E-state index contributed by atoms with van der Waals surface area (Å²) in [6.45, 7) is 4.76. The Hall–Kier alpha value is -2.42. The fourth-order valence-corrected chi connectivity index (χ4v) is 5.09. The summed E-state index contributed by atoms with van der Waals surface area (Å²) in [7, 11) is 0. The lowest BCUT2D eigenvalue weighted by Crippen LogP contribution is -2.52. The molecule has 0 bridgehead atoms. The molecule has 0 spiro atoms. The molecule has 0 radical (unpaired) electrons. The van der Waals surface area contributed by atoms with Gasteiger partial charge in [0, 0.05) is 47.0 Å². The summed E-state index contributed by atoms with van der Waals surface area (Å²) >= 11 is 7.72. The Kier molecular flexibility index (Phi) is 6.60. The standard InChI is InChI=1S/C22H25ClN4O3S/c1-13-3-4-14(9-17(13)23)25-8-2-7-24-10-19-15-11-27(22(30)16(15)12-31-19)18-5-6-20(28)26-21(18)29/h3-4,9,12,18,24-25H,2,5-8,10-11H2,1H3,(H,26,28,29). The number of nitrogens with one attached hydrogen (secondary N) is 3. The molecule has 31 heavy (non-hydrogen) atoms. The highest BCUT2D eigenvalue weighted by Gasteiger charge is 2.40. The van der Waals surface area contributed by atoms with Gasteiger partial charge >= 0.3 is 0 Å². The lowest BCUT2D eigenvalue weighted by atomic mass is 10.0. The first kappa shape index (κ1) is 21.8. The number of thiophene rings is 1. The minimum atomic E-state index is -0.565. The highest BCUT2D eigenvalue weighted by atomic mass is 35.5. The molecule has 7 nitrogen and oxygen atoms in total. The number of nitrogens with zero attached hydrogens (tertiary/aromatic N) is 1. The van der Waals surface area contributed by atoms with Crippen LogP contribution in [0.15, 0.2) is 23.6 Å². The fraction of sp³-hybridized carbons (Fsp3) is 0.409. The maximum Gasteiger partial charge on any atom is 0.256 e. The zero-order chi connectivity index (χ0) is 22.0. The molecule has 3 heterocycles. The van der Waals surface area contributed by atoms with E-state index < -0.39 is 6.04 Å². The van der Waals surface area contributed by atoms with Gasteiger partial charge in [0.15, 0.2) is 0 Å². The normalized spacial score (nSPS) is 18.3. The van der Waals surface area contributed by atoms with E-state index >= 15 is 0 Å². The van der Waals surface area contributed by atoms with E-state index in [0.29, 0.717) is 25.1 Å². The first-order valence-electron chi connectivity index (χ1n) is 10.4. The predicted molar refractivity (Wildman–Crippen MR) is 121 cm³/mol. The number of hydrogen-bond donors (Lipinski definition) is 3. The third kappa shape index (κ3) is 4.76. The molecule has 0 aliphatic carbocycles. The van der Waals surface area contributed by atoms with E-state index in [-0.39, 0.29) is 24.1 Å². The molecule has 1 atom stereocenters. The number of anilines is 1. The number of carbonyl (C=O) groups is 3. The lowest BCUT2D eigenvalue weighted by Gasteiger charge is -2.29. The van der Waals surface area contributed by atoms with Crippen LogP contribution in [0.25, 0.3) is 0 Å². The highest BCUT2D eigenvalue weighted by molar-refractivity contribution is 7.10. The second kappa shape index (κ2) is 9.38. The van der Waals surface area contributed by atoms with Crippen molar-refractivity contribution in [2.24, 2.45) is 0 Å². The average Bonchev–Trinajstić information content (AvgIpc) is 3.28. The molecule has 0 saturated carbocycles. The van der Waals surface area contributed by atoms with Gasteiger partial charge in [-0.25, -0.2) is 0 Å². The summed E-state index contributed by atoms with van der Waals surface area (Å²) in [5.74, 6) is -0.764. The van der Waals surface area contributed by atoms with Crippen molar-refractivity contribution < 1.29 is 14.4 Å². The Labute approximate surface area is 190 Å². The smallest absolute Gasteiger partial charge is 0.256 e. The van der Waals surface area contributed by atoms with Crippen molar-refractivity contribution in [3.8, 4) is 0 Å². The quantitative estimate of drug-likeness (QED) is 0.416. The number of carbonyl (C=O) groups excluding carboxylic acids is 3. The molecule has 1 saturated heterocycles. The molecular formula is C22H25ClN4O3S. The number of amides is 3. The number of halogens is 1. The monoisotopic (exact) mass is 460 g/mol. The van der Waals surface area contributed by atoms with Crippen LogP contribution in [0.2, 0.25) is 5.02 Å². The second-order valence-corrected chi connectivity index (χ2v) is 9.24. The van der Waals surface area contributed by atoms with Gasteiger partial charge in [-0.3, -0.25) is 19.7 Å². The molecule has 1 fully saturated rings. The van der Waals surface area contributed by atoms with Gasteiger partial charge in [-0.1, -0.05) is 17.7 Å². The van der Waals surface area contributed by atoms with Crippen LogP contribution in [0.4, 0.5) is 5.69 Å². The first-order valence-corrected chi connectivity index (χ1v) is 11.6. The van der Waals surface area contributed by atoms with Gasteiger partial charge in [0.2, 0.25) is 11.8 Å². The van der Waals surface area contributed by atoms with Crippen LogP contribution in [0.3, 0.4) is 0 Å². The third-order valence-electron chi connectivity index (χ3n) is 5.70. The molecule has 1 aromatic carbocycles. The summed E-state index contributed by atoms with van der Waals surface area (Å²) < 4.78 is 0. The maximum absolute atomic E-state index is 12.8. The minimum absolute atomic E-state index is 0.118. The Morgan fingerprint density at radius 2 is 2.10 bits per heavy atom. The van der Waals surface area contributed by atoms with Gasteiger partial charge in [-0.05, 0) is 49.6 Å². The molecule has 1 aromatic heterocycles. The highest BCUT2D eigenvalue weighted by Crippen LogP contribution is 2.33. The zero-order valence-electron chi connectivity index (χ0n) is 17.3. The fourth-order valence-electron chi connectivity index (χ4n) is 3.90. The number of imide groups is 1. The van der Waals surface area contributed by atoms with Crippen LogP contribution in [-0.4, -0.2) is 41.8 Å². The average molecular weight is 461 g/mol. The SMILES string of the molecule is Cc1ccc(NCCCNCc2scc3c2CN(C2CCC(=O)NC2=O)C3=O)cc1Cl. The van der Waals surface area contributed by atoms with E-state index in [1.165, 1.54) is 0 Å². The van der Waals surface area contributed by atoms with Crippen LogP contribution in [0, 0.1) is 6.92 Å². The number of fused-ring (bicyclic) bond motifs is 1. The van der Waals surface area contributed by atoms with Crippen molar-refractivity contribution >= 4 is 46.3 Å². The van der Waals surface area contributed by atoms with Gasteiger partial charge in [-0.15, -0.1) is 11.3 Å². The van der Waals surface area contributed by atoms with Crippen molar-refractivity contribution in [1.82, 2.24) is 15.5 Å². The van der Waals surface area contributed by atoms with E-state index in [0.717, 1.165) is 46.2 Å². The molecule has 164 valence electrons. The molecule has 3 amide bonds. The molecule has 9 heteroatoms. The van der Waals surface area contributed by atoms with E-state index in [4.69, 9.17) is 11.6 Å². The van der Waals surface area contributed by atoms with E-state index in [1.807, 2.05) is 30.5 Å². The van der Waals surface area contributed by atoms with Crippen LogP contribution in [-0.2, 0) is 22.7 Å². The van der Waals surface area contributed by atoms with E-state index in [9.17, 15) is 14.4 Å². The third-order valence-corrected chi connectivity index (χ3v) is 7.14. The van der Waals surface area contributed by atoms with Crippen molar-refractivity contribution in [1.29, 1.82) is 0 Å². The number of hydrogen-bond acceptors (Lipinski definition) is 6. The number of benzene rings is 1. The topological polar surface area (TPSA) is 90.5 Å². The van der Waals surface area contributed by atoms with Gasteiger partial charge in [0.1, 0.15) is 6.04 Å². The minimum Gasteiger partial charge on any atom is -0.385 e. The zero-order valence-corrected chi connectivity index (χ0v) is 18.9. The van der Waals surface area contributed by atoms with Crippen LogP contribution < -0.4 is 16.0 Å². The molecule has 2 aliphatic rings. The first-order chi connectivity index (χ1) is 14.9. The van der Waals surface area contributed by atoms with Crippen molar-refractivity contribution in [3.05, 3.63) is 50.2 Å². The predicted octanol–water partition coefficient (Wildman–Crippen LogP) is 3.06. The molecule has 3 N–H and O–H groups in total. The lowest BCUT2D eigenvalue weighted by molar-refractivity contribution is -0.136. The van der Waals surface area contributed by atoms with E-state index in [1.54, 1.807) is 16.2 Å². The Bertz CT molecular complexity index is 1020. The summed E-state index contributed by atoms with van der Waals surface area (Å²) in [6.07, 6.45) is 1.60. The van der Waals surface area contributed by atoms with Gasteiger partial charge < -0.3 is 15.5 Å². The van der Waals surface area contributed by atoms with Crippen LogP contribution >= 0.6 is 22.9 Å². The summed E-state index contributed by atoms with van der Waals surface area (Å²) in [4.78, 5) is 39.0. The van der Waals surface area contributed by atoms with Gasteiger partial charge in [0.25, 0.3) is 5.91 Å². The van der Waals surface area contributed by atoms with Gasteiger partial charge in [0.05, 0.1) is 5.56 Å². The summed E-state index contributed by atoms with van der Waals surface area (Å²) in [5.41, 5.74) is 3.76. The number of aryl methyl sites for hydroxylation is 1. The molecular weight excluding hydrogens is 436 g/mol. The Balaban J connectivity index is 1.24. The van der Waals surface area contributed by atoms with Crippen LogP contribution in [0.5, 0.6) is 0 Å².